The molecule has 2 aromatic heterocycles. The first-order valence-corrected chi connectivity index (χ1v) is 12.5. The Kier molecular flexibility index (Phi) is 6.90. The van der Waals surface area contributed by atoms with Crippen molar-refractivity contribution in [2.24, 2.45) is 5.92 Å². The number of alkyl halides is 3. The maximum absolute atomic E-state index is 13.3. The molecule has 6 nitrogen and oxygen atoms in total. The van der Waals surface area contributed by atoms with Crippen LogP contribution in [0, 0.1) is 5.92 Å². The molecule has 0 saturated heterocycles. The molecule has 37 heavy (non-hydrogen) atoms. The van der Waals surface area contributed by atoms with Crippen LogP contribution >= 0.6 is 0 Å². The summed E-state index contributed by atoms with van der Waals surface area (Å²) >= 11 is 0. The highest BCUT2D eigenvalue weighted by atomic mass is 19.4. The van der Waals surface area contributed by atoms with Gasteiger partial charge < -0.3 is 9.80 Å². The molecule has 3 heterocycles. The Hall–Kier alpha value is -3.46. The summed E-state index contributed by atoms with van der Waals surface area (Å²) in [6, 6.07) is 10.3. The van der Waals surface area contributed by atoms with Crippen molar-refractivity contribution in [3.63, 3.8) is 0 Å². The lowest BCUT2D eigenvalue weighted by Gasteiger charge is -2.36. The molecule has 1 saturated carbocycles. The smallest absolute Gasteiger partial charge is 0.328 e. The molecule has 2 aliphatic rings. The van der Waals surface area contributed by atoms with E-state index in [-0.39, 0.29) is 17.5 Å². The first kappa shape index (κ1) is 25.2. The topological polar surface area (TPSA) is 54.3 Å². The number of benzene rings is 1. The number of hydrogen-bond acceptors (Lipinski definition) is 4. The van der Waals surface area contributed by atoms with Gasteiger partial charge in [-0.15, -0.1) is 0 Å². The van der Waals surface area contributed by atoms with Crippen molar-refractivity contribution >= 4 is 5.91 Å². The summed E-state index contributed by atoms with van der Waals surface area (Å²) in [6.45, 7) is 1.62. The molecule has 1 amide bonds. The highest BCUT2D eigenvalue weighted by molar-refractivity contribution is 5.89. The molecule has 1 aromatic carbocycles. The summed E-state index contributed by atoms with van der Waals surface area (Å²) in [5, 5.41) is 4.93. The maximum atomic E-state index is 13.3. The van der Waals surface area contributed by atoms with E-state index in [1.165, 1.54) is 6.07 Å². The second-order valence-electron chi connectivity index (χ2n) is 10.1. The van der Waals surface area contributed by atoms with Gasteiger partial charge in [0.05, 0.1) is 31.2 Å². The predicted octanol–water partition coefficient (Wildman–Crippen LogP) is 4.96. The number of aromatic nitrogens is 3. The molecular formula is C28H30F3N5O. The zero-order valence-electron chi connectivity index (χ0n) is 20.9. The molecule has 9 heteroatoms. The van der Waals surface area contributed by atoms with Crippen molar-refractivity contribution in [3.8, 4) is 22.4 Å². The van der Waals surface area contributed by atoms with Gasteiger partial charge in [-0.1, -0.05) is 24.3 Å². The molecule has 3 aromatic rings. The van der Waals surface area contributed by atoms with E-state index < -0.39 is 12.6 Å². The summed E-state index contributed by atoms with van der Waals surface area (Å²) in [6.07, 6.45) is 3.77. The molecule has 1 fully saturated rings. The van der Waals surface area contributed by atoms with Gasteiger partial charge in [-0.05, 0) is 62.2 Å². The van der Waals surface area contributed by atoms with E-state index in [2.05, 4.69) is 4.98 Å². The van der Waals surface area contributed by atoms with Gasteiger partial charge in [-0.25, -0.2) is 0 Å². The van der Waals surface area contributed by atoms with E-state index in [0.29, 0.717) is 36.8 Å². The number of carbonyl (C=O) groups is 1. The molecule has 5 rings (SSSR count). The van der Waals surface area contributed by atoms with Crippen LogP contribution in [0.25, 0.3) is 22.4 Å². The van der Waals surface area contributed by atoms with Crippen LogP contribution in [-0.2, 0) is 24.3 Å². The van der Waals surface area contributed by atoms with Gasteiger partial charge in [0.25, 0.3) is 0 Å². The molecule has 0 radical (unpaired) electrons. The van der Waals surface area contributed by atoms with Gasteiger partial charge in [0.2, 0.25) is 5.91 Å². The Bertz CT molecular complexity index is 1290. The second kappa shape index (κ2) is 10.1. The first-order valence-electron chi connectivity index (χ1n) is 12.5. The average molecular weight is 510 g/mol. The number of halogens is 3. The SMILES string of the molecule is CN(C)C/C=C/C(=O)N1Cc2c(-c3ccncc3)c(-c3cccc(CC(F)(F)F)c3)nn2C[C@@H]1C1CC1. The number of fused-ring (bicyclic) bond motifs is 1. The fraction of sp³-hybridized carbons (Fsp3) is 0.393. The largest absolute Gasteiger partial charge is 0.393 e. The van der Waals surface area contributed by atoms with E-state index in [1.807, 2.05) is 46.8 Å². The summed E-state index contributed by atoms with van der Waals surface area (Å²) < 4.78 is 41.3. The van der Waals surface area contributed by atoms with E-state index in [4.69, 9.17) is 5.10 Å². The Morgan fingerprint density at radius 3 is 2.57 bits per heavy atom. The van der Waals surface area contributed by atoms with Gasteiger partial charge in [0, 0.05) is 36.1 Å². The molecule has 0 spiro atoms. The van der Waals surface area contributed by atoms with E-state index in [0.717, 1.165) is 29.7 Å². The number of nitrogens with zero attached hydrogens (tertiary/aromatic N) is 5. The Morgan fingerprint density at radius 1 is 1.14 bits per heavy atom. The van der Waals surface area contributed by atoms with E-state index >= 15 is 0 Å². The van der Waals surface area contributed by atoms with Gasteiger partial charge in [0.1, 0.15) is 5.69 Å². The molecular weight excluding hydrogens is 479 g/mol. The highest BCUT2D eigenvalue weighted by Crippen LogP contribution is 2.42. The minimum atomic E-state index is -4.29. The Balaban J connectivity index is 1.57. The fourth-order valence-electron chi connectivity index (χ4n) is 5.03. The average Bonchev–Trinajstić information content (AvgIpc) is 3.63. The normalized spacial score (nSPS) is 18.0. The fourth-order valence-corrected chi connectivity index (χ4v) is 5.03. The van der Waals surface area contributed by atoms with Crippen LogP contribution in [0.2, 0.25) is 0 Å². The quantitative estimate of drug-likeness (QED) is 0.423. The predicted molar refractivity (Wildman–Crippen MR) is 135 cm³/mol. The molecule has 1 atom stereocenters. The zero-order valence-corrected chi connectivity index (χ0v) is 20.9. The van der Waals surface area contributed by atoms with Crippen molar-refractivity contribution in [3.05, 3.63) is 72.2 Å². The standard InChI is InChI=1S/C28H30F3N5O/c1-34(2)14-4-7-25(37)35-17-24-26(21-10-12-32-13-11-21)27(33-36(24)18-23(35)20-8-9-20)22-6-3-5-19(15-22)16-28(29,30)31/h3-7,10-13,15,20,23H,8-9,14,16-18H2,1-2H3/b7-4+/t23-/m1/s1. The summed E-state index contributed by atoms with van der Waals surface area (Å²) in [5.41, 5.74) is 4.02. The first-order chi connectivity index (χ1) is 17.7. The summed E-state index contributed by atoms with van der Waals surface area (Å²) in [4.78, 5) is 21.4. The van der Waals surface area contributed by atoms with Crippen molar-refractivity contribution in [2.75, 3.05) is 20.6 Å². The number of amides is 1. The van der Waals surface area contributed by atoms with E-state index in [9.17, 15) is 18.0 Å². The number of carbonyl (C=O) groups excluding carboxylic acids is 1. The minimum Gasteiger partial charge on any atom is -0.328 e. The monoisotopic (exact) mass is 509 g/mol. The van der Waals surface area contributed by atoms with Crippen molar-refractivity contribution in [1.82, 2.24) is 24.6 Å². The molecule has 0 N–H and O–H groups in total. The van der Waals surface area contributed by atoms with Gasteiger partial charge >= 0.3 is 6.18 Å². The third kappa shape index (κ3) is 5.77. The second-order valence-corrected chi connectivity index (χ2v) is 10.1. The van der Waals surface area contributed by atoms with Crippen LogP contribution in [0.1, 0.15) is 24.1 Å². The molecule has 1 aliphatic heterocycles. The maximum Gasteiger partial charge on any atom is 0.393 e. The molecule has 194 valence electrons. The van der Waals surface area contributed by atoms with Crippen LogP contribution in [0.3, 0.4) is 0 Å². The van der Waals surface area contributed by atoms with Crippen LogP contribution in [0.15, 0.2) is 60.9 Å². The van der Waals surface area contributed by atoms with Crippen molar-refractivity contribution < 1.29 is 18.0 Å². The van der Waals surface area contributed by atoms with Gasteiger partial charge in [0.15, 0.2) is 0 Å². The third-order valence-electron chi connectivity index (χ3n) is 6.89. The lowest BCUT2D eigenvalue weighted by molar-refractivity contribution is -0.131. The molecule has 0 unspecified atom stereocenters. The number of hydrogen-bond donors (Lipinski definition) is 0. The number of pyridine rings is 1. The summed E-state index contributed by atoms with van der Waals surface area (Å²) in [5.74, 6) is 0.409. The van der Waals surface area contributed by atoms with Crippen LogP contribution < -0.4 is 0 Å². The van der Waals surface area contributed by atoms with Gasteiger partial charge in [-0.3, -0.25) is 14.5 Å². The lowest BCUT2D eigenvalue weighted by Crippen LogP contribution is -2.47. The van der Waals surface area contributed by atoms with Gasteiger partial charge in [-0.2, -0.15) is 18.3 Å². The highest BCUT2D eigenvalue weighted by Gasteiger charge is 2.41. The van der Waals surface area contributed by atoms with Crippen LogP contribution in [0.4, 0.5) is 13.2 Å². The van der Waals surface area contributed by atoms with E-state index in [1.54, 1.807) is 36.7 Å². The number of likely N-dealkylation sites (N-methyl/N-ethyl adjacent to an activating group) is 1. The minimum absolute atomic E-state index is 0.0272. The third-order valence-corrected chi connectivity index (χ3v) is 6.89. The summed E-state index contributed by atoms with van der Waals surface area (Å²) in [7, 11) is 3.90. The van der Waals surface area contributed by atoms with Crippen molar-refractivity contribution in [1.29, 1.82) is 0 Å². The van der Waals surface area contributed by atoms with Crippen molar-refractivity contribution in [2.45, 2.75) is 44.6 Å². The zero-order chi connectivity index (χ0) is 26.2. The Labute approximate surface area is 214 Å². The molecule has 0 bridgehead atoms. The number of rotatable bonds is 7. The Morgan fingerprint density at radius 2 is 1.89 bits per heavy atom. The van der Waals surface area contributed by atoms with Crippen LogP contribution in [-0.4, -0.2) is 63.3 Å². The van der Waals surface area contributed by atoms with Crippen LogP contribution in [0.5, 0.6) is 0 Å². The molecule has 1 aliphatic carbocycles. The lowest BCUT2D eigenvalue weighted by atomic mass is 9.96.